The molecule has 1 heterocycles. The van der Waals surface area contributed by atoms with E-state index in [9.17, 15) is 4.79 Å². The lowest BCUT2D eigenvalue weighted by molar-refractivity contribution is -0.120. The third-order valence-electron chi connectivity index (χ3n) is 5.27. The Bertz CT molecular complexity index is 1040. The minimum atomic E-state index is -0.324. The maximum absolute atomic E-state index is 13.1. The molecule has 0 bridgehead atoms. The van der Waals surface area contributed by atoms with Gasteiger partial charge < -0.3 is 24.3 Å². The van der Waals surface area contributed by atoms with E-state index in [1.807, 2.05) is 60.7 Å². The van der Waals surface area contributed by atoms with Crippen LogP contribution in [0.4, 0.5) is 0 Å². The van der Waals surface area contributed by atoms with Crippen molar-refractivity contribution in [2.45, 2.75) is 12.5 Å². The smallest absolute Gasteiger partial charge is 0.225 e. The zero-order valence-corrected chi connectivity index (χ0v) is 19.5. The van der Waals surface area contributed by atoms with Crippen molar-refractivity contribution in [3.8, 4) is 23.0 Å². The second-order valence-electron chi connectivity index (χ2n) is 7.31. The third kappa shape index (κ3) is 4.99. The van der Waals surface area contributed by atoms with Gasteiger partial charge in [-0.3, -0.25) is 4.79 Å². The van der Waals surface area contributed by atoms with Crippen molar-refractivity contribution in [3.05, 3.63) is 81.8 Å². The van der Waals surface area contributed by atoms with Crippen LogP contribution in [-0.4, -0.2) is 33.3 Å². The molecule has 0 unspecified atom stereocenters. The van der Waals surface area contributed by atoms with Crippen LogP contribution in [0.1, 0.15) is 22.7 Å². The zero-order chi connectivity index (χ0) is 22.5. The van der Waals surface area contributed by atoms with Gasteiger partial charge in [-0.05, 0) is 53.1 Å². The van der Waals surface area contributed by atoms with Gasteiger partial charge in [0.1, 0.15) is 24.7 Å². The molecule has 0 saturated carbocycles. The highest BCUT2D eigenvalue weighted by molar-refractivity contribution is 9.10. The van der Waals surface area contributed by atoms with Gasteiger partial charge in [-0.15, -0.1) is 0 Å². The maximum Gasteiger partial charge on any atom is 0.225 e. The molecule has 3 aromatic carbocycles. The number of halogens is 1. The summed E-state index contributed by atoms with van der Waals surface area (Å²) in [4.78, 5) is 13.1. The van der Waals surface area contributed by atoms with Crippen molar-refractivity contribution in [3.63, 3.8) is 0 Å². The highest BCUT2D eigenvalue weighted by Crippen LogP contribution is 2.36. The van der Waals surface area contributed by atoms with E-state index >= 15 is 0 Å². The summed E-state index contributed by atoms with van der Waals surface area (Å²) in [6, 6.07) is 18.7. The van der Waals surface area contributed by atoms with Gasteiger partial charge in [0, 0.05) is 4.47 Å². The first kappa shape index (κ1) is 22.0. The molecule has 0 atom stereocenters. The van der Waals surface area contributed by atoms with Crippen molar-refractivity contribution >= 4 is 21.8 Å². The third-order valence-corrected chi connectivity index (χ3v) is 6.00. The predicted molar refractivity (Wildman–Crippen MR) is 125 cm³/mol. The average molecular weight is 498 g/mol. The van der Waals surface area contributed by atoms with Crippen molar-refractivity contribution < 1.29 is 23.7 Å². The fourth-order valence-corrected chi connectivity index (χ4v) is 4.04. The Morgan fingerprint density at radius 3 is 1.91 bits per heavy atom. The van der Waals surface area contributed by atoms with E-state index in [1.165, 1.54) is 0 Å². The topological polar surface area (TPSA) is 66.0 Å². The molecule has 4 rings (SSSR count). The van der Waals surface area contributed by atoms with E-state index in [2.05, 4.69) is 21.2 Å². The second kappa shape index (κ2) is 9.96. The van der Waals surface area contributed by atoms with Crippen LogP contribution in [0.5, 0.6) is 23.0 Å². The molecule has 1 aliphatic heterocycles. The van der Waals surface area contributed by atoms with Crippen LogP contribution in [0.15, 0.2) is 65.1 Å². The zero-order valence-electron chi connectivity index (χ0n) is 17.9. The Kier molecular flexibility index (Phi) is 6.85. The lowest BCUT2D eigenvalue weighted by Gasteiger charge is -2.22. The highest BCUT2D eigenvalue weighted by Gasteiger charge is 2.20. The van der Waals surface area contributed by atoms with Crippen molar-refractivity contribution in [1.82, 2.24) is 5.32 Å². The van der Waals surface area contributed by atoms with Gasteiger partial charge in [-0.25, -0.2) is 0 Å². The number of hydrogen-bond acceptors (Lipinski definition) is 5. The Labute approximate surface area is 195 Å². The van der Waals surface area contributed by atoms with Crippen LogP contribution in [0, 0.1) is 0 Å². The van der Waals surface area contributed by atoms with Crippen molar-refractivity contribution in [2.75, 3.05) is 27.4 Å². The normalized spacial score (nSPS) is 12.4. The highest BCUT2D eigenvalue weighted by atomic mass is 79.9. The molecule has 7 heteroatoms. The number of rotatable bonds is 7. The van der Waals surface area contributed by atoms with Crippen LogP contribution < -0.4 is 24.3 Å². The van der Waals surface area contributed by atoms with E-state index in [4.69, 9.17) is 18.9 Å². The minimum absolute atomic E-state index is 0.112. The van der Waals surface area contributed by atoms with Gasteiger partial charge in [0.05, 0.1) is 26.7 Å². The second-order valence-corrected chi connectivity index (χ2v) is 8.17. The quantitative estimate of drug-likeness (QED) is 0.513. The van der Waals surface area contributed by atoms with E-state index < -0.39 is 0 Å². The van der Waals surface area contributed by atoms with E-state index in [0.29, 0.717) is 24.7 Å². The number of nitrogens with one attached hydrogen (secondary N) is 1. The van der Waals surface area contributed by atoms with Gasteiger partial charge in [0.25, 0.3) is 0 Å². The Hall–Kier alpha value is -3.19. The summed E-state index contributed by atoms with van der Waals surface area (Å²) in [5.74, 6) is 2.74. The summed E-state index contributed by atoms with van der Waals surface area (Å²) in [5.41, 5.74) is 2.73. The van der Waals surface area contributed by atoms with E-state index in [1.54, 1.807) is 14.2 Å². The first-order chi connectivity index (χ1) is 15.6. The Balaban J connectivity index is 1.57. The first-order valence-electron chi connectivity index (χ1n) is 10.2. The number of carbonyl (C=O) groups is 1. The molecule has 0 aliphatic carbocycles. The minimum Gasteiger partial charge on any atom is -0.497 e. The summed E-state index contributed by atoms with van der Waals surface area (Å²) in [5, 5.41) is 3.17. The summed E-state index contributed by atoms with van der Waals surface area (Å²) in [6.45, 7) is 1.02. The van der Waals surface area contributed by atoms with Crippen LogP contribution in [0.25, 0.3) is 0 Å². The molecular formula is C25H24BrNO5. The summed E-state index contributed by atoms with van der Waals surface area (Å²) < 4.78 is 22.6. The average Bonchev–Trinajstić information content (AvgIpc) is 2.83. The largest absolute Gasteiger partial charge is 0.497 e. The Morgan fingerprint density at radius 1 is 0.906 bits per heavy atom. The number of amides is 1. The summed E-state index contributed by atoms with van der Waals surface area (Å²) >= 11 is 3.55. The molecule has 3 aromatic rings. The van der Waals surface area contributed by atoms with E-state index in [0.717, 1.165) is 32.7 Å². The number of methoxy groups -OCH3 is 2. The van der Waals surface area contributed by atoms with Gasteiger partial charge >= 0.3 is 0 Å². The fourth-order valence-electron chi connectivity index (χ4n) is 3.58. The van der Waals surface area contributed by atoms with E-state index in [-0.39, 0.29) is 18.4 Å². The molecule has 6 nitrogen and oxygen atoms in total. The van der Waals surface area contributed by atoms with Crippen molar-refractivity contribution in [1.29, 1.82) is 0 Å². The fraction of sp³-hybridized carbons (Fsp3) is 0.240. The summed E-state index contributed by atoms with van der Waals surface area (Å²) in [6.07, 6.45) is 0.194. The molecule has 0 fully saturated rings. The molecule has 32 heavy (non-hydrogen) atoms. The maximum atomic E-state index is 13.1. The van der Waals surface area contributed by atoms with Gasteiger partial charge in [0.15, 0.2) is 11.5 Å². The lowest BCUT2D eigenvalue weighted by atomic mass is 9.98. The molecule has 1 N–H and O–H groups in total. The molecular weight excluding hydrogens is 474 g/mol. The first-order valence-corrected chi connectivity index (χ1v) is 11.0. The monoisotopic (exact) mass is 497 g/mol. The molecule has 166 valence electrons. The number of carbonyl (C=O) groups excluding carboxylic acids is 1. The molecule has 1 aliphatic rings. The molecule has 0 saturated heterocycles. The van der Waals surface area contributed by atoms with Crippen LogP contribution >= 0.6 is 15.9 Å². The van der Waals surface area contributed by atoms with Gasteiger partial charge in [-0.2, -0.15) is 0 Å². The molecule has 1 amide bonds. The lowest BCUT2D eigenvalue weighted by Crippen LogP contribution is -2.30. The molecule has 0 spiro atoms. The Morgan fingerprint density at radius 2 is 1.41 bits per heavy atom. The predicted octanol–water partition coefficient (Wildman–Crippen LogP) is 4.69. The number of fused-ring (bicyclic) bond motifs is 1. The van der Waals surface area contributed by atoms with Crippen LogP contribution in [0.2, 0.25) is 0 Å². The van der Waals surface area contributed by atoms with Crippen LogP contribution in [0.3, 0.4) is 0 Å². The number of ether oxygens (including phenoxy) is 4. The van der Waals surface area contributed by atoms with Gasteiger partial charge in [-0.1, -0.05) is 40.2 Å². The van der Waals surface area contributed by atoms with Gasteiger partial charge in [0.2, 0.25) is 5.91 Å². The standard InChI is InChI=1S/C25H24BrNO5/c1-29-19-7-3-16(4-8-19)25(17-5-9-20(30-2)10-6-17)27-24(28)14-18-13-22-23(15-21(18)26)32-12-11-31-22/h3-10,13,15,25H,11-12,14H2,1-2H3,(H,27,28). The number of hydrogen-bond donors (Lipinski definition) is 1. The van der Waals surface area contributed by atoms with Crippen molar-refractivity contribution in [2.24, 2.45) is 0 Å². The molecule has 0 aromatic heterocycles. The molecule has 0 radical (unpaired) electrons. The number of benzene rings is 3. The van der Waals surface area contributed by atoms with Crippen LogP contribution in [-0.2, 0) is 11.2 Å². The summed E-state index contributed by atoms with van der Waals surface area (Å²) in [7, 11) is 3.26. The SMILES string of the molecule is COc1ccc(C(NC(=O)Cc2cc3c(cc2Br)OCCO3)c2ccc(OC)cc2)cc1.